The summed E-state index contributed by atoms with van der Waals surface area (Å²) in [5, 5.41) is 2.82. The van der Waals surface area contributed by atoms with Gasteiger partial charge in [0.2, 0.25) is 5.91 Å². The zero-order chi connectivity index (χ0) is 22.1. The van der Waals surface area contributed by atoms with Gasteiger partial charge < -0.3 is 10.1 Å². The number of esters is 1. The first kappa shape index (κ1) is 21.7. The molecule has 6 rings (SSSR count). The summed E-state index contributed by atoms with van der Waals surface area (Å²) in [5.41, 5.74) is 1.59. The van der Waals surface area contributed by atoms with Crippen molar-refractivity contribution in [3.05, 3.63) is 35.4 Å². The molecule has 1 amide bonds. The molecule has 0 aliphatic heterocycles. The van der Waals surface area contributed by atoms with Crippen molar-refractivity contribution in [3.63, 3.8) is 0 Å². The van der Waals surface area contributed by atoms with Gasteiger partial charge in [-0.05, 0) is 80.6 Å². The van der Waals surface area contributed by atoms with Crippen molar-refractivity contribution >= 4 is 17.7 Å². The fourth-order valence-corrected chi connectivity index (χ4v) is 7.39. The molecule has 5 aliphatic rings. The number of rotatable bonds is 7. The van der Waals surface area contributed by atoms with Crippen LogP contribution in [0, 0.1) is 23.2 Å². The van der Waals surface area contributed by atoms with Crippen molar-refractivity contribution in [2.24, 2.45) is 23.2 Å². The maximum absolute atomic E-state index is 12.9. The number of carbonyl (C=O) groups is 3. The first-order valence-corrected chi connectivity index (χ1v) is 12.6. The average molecular weight is 438 g/mol. The highest BCUT2D eigenvalue weighted by Gasteiger charge is 2.54. The maximum Gasteiger partial charge on any atom is 0.325 e. The summed E-state index contributed by atoms with van der Waals surface area (Å²) < 4.78 is 5.17. The van der Waals surface area contributed by atoms with Crippen molar-refractivity contribution in [1.82, 2.24) is 5.32 Å². The van der Waals surface area contributed by atoms with E-state index in [-0.39, 0.29) is 30.3 Å². The Hall–Kier alpha value is -2.17. The Bertz CT molecular complexity index is 833. The third-order valence-corrected chi connectivity index (χ3v) is 8.59. The van der Waals surface area contributed by atoms with Crippen LogP contribution in [0.25, 0.3) is 0 Å². The molecule has 0 unspecified atom stereocenters. The van der Waals surface area contributed by atoms with Gasteiger partial charge in [0.05, 0.1) is 0 Å². The van der Waals surface area contributed by atoms with Gasteiger partial charge in [0, 0.05) is 11.0 Å². The van der Waals surface area contributed by atoms with Gasteiger partial charge in [0.25, 0.3) is 0 Å². The first-order chi connectivity index (χ1) is 15.5. The standard InChI is InChI=1S/C27H35NO4/c29-24(23-8-6-22(7-9-23)21-4-2-1-3-5-21)17-32-25(30)16-28-26(31)27-13-18-10-19(14-27)12-20(11-18)15-27/h6-9,18-21H,1-5,10-17H2,(H,28,31). The molecule has 5 aliphatic carbocycles. The van der Waals surface area contributed by atoms with Crippen LogP contribution in [0.4, 0.5) is 0 Å². The molecule has 0 aromatic heterocycles. The van der Waals surface area contributed by atoms with Crippen molar-refractivity contribution in [2.45, 2.75) is 76.5 Å². The Balaban J connectivity index is 1.07. The summed E-state index contributed by atoms with van der Waals surface area (Å²) in [7, 11) is 0. The highest BCUT2D eigenvalue weighted by atomic mass is 16.5. The van der Waals surface area contributed by atoms with E-state index in [2.05, 4.69) is 5.32 Å². The van der Waals surface area contributed by atoms with Crippen LogP contribution >= 0.6 is 0 Å². The van der Waals surface area contributed by atoms with E-state index in [9.17, 15) is 14.4 Å². The van der Waals surface area contributed by atoms with Crippen molar-refractivity contribution < 1.29 is 19.1 Å². The van der Waals surface area contributed by atoms with Crippen LogP contribution < -0.4 is 5.32 Å². The Labute approximate surface area is 190 Å². The third-order valence-electron chi connectivity index (χ3n) is 8.59. The second kappa shape index (κ2) is 8.99. The Morgan fingerprint density at radius 3 is 2.06 bits per heavy atom. The topological polar surface area (TPSA) is 72.5 Å². The zero-order valence-corrected chi connectivity index (χ0v) is 18.9. The first-order valence-electron chi connectivity index (χ1n) is 12.6. The van der Waals surface area contributed by atoms with E-state index in [1.54, 1.807) is 0 Å². The Morgan fingerprint density at radius 2 is 1.47 bits per heavy atom. The second-order valence-corrected chi connectivity index (χ2v) is 10.9. The van der Waals surface area contributed by atoms with Gasteiger partial charge in [-0.3, -0.25) is 14.4 Å². The molecule has 5 fully saturated rings. The normalized spacial score (nSPS) is 31.3. The monoisotopic (exact) mass is 437 g/mol. The number of ether oxygens (including phenoxy) is 1. The van der Waals surface area contributed by atoms with Gasteiger partial charge in [0.1, 0.15) is 6.54 Å². The lowest BCUT2D eigenvalue weighted by molar-refractivity contribution is -0.150. The van der Waals surface area contributed by atoms with Gasteiger partial charge in [-0.15, -0.1) is 0 Å². The van der Waals surface area contributed by atoms with Crippen LogP contribution in [0.3, 0.4) is 0 Å². The smallest absolute Gasteiger partial charge is 0.325 e. The van der Waals surface area contributed by atoms with Crippen molar-refractivity contribution in [2.75, 3.05) is 13.2 Å². The predicted molar refractivity (Wildman–Crippen MR) is 121 cm³/mol. The number of benzene rings is 1. The number of Topliss-reactive ketones (excluding diaryl/α,β-unsaturated/α-hetero) is 1. The molecular formula is C27H35NO4. The Kier molecular flexibility index (Phi) is 6.09. The number of hydrogen-bond acceptors (Lipinski definition) is 4. The minimum Gasteiger partial charge on any atom is -0.456 e. The second-order valence-electron chi connectivity index (χ2n) is 10.9. The molecule has 0 saturated heterocycles. The number of ketones is 1. The molecule has 5 heteroatoms. The summed E-state index contributed by atoms with van der Waals surface area (Å²) in [5.74, 6) is 1.90. The SMILES string of the molecule is O=C(CNC(=O)C12CC3CC(CC(C3)C1)C2)OCC(=O)c1ccc(C2CCCCC2)cc1. The van der Waals surface area contributed by atoms with Gasteiger partial charge in [-0.1, -0.05) is 43.5 Å². The van der Waals surface area contributed by atoms with Crippen LogP contribution in [0.2, 0.25) is 0 Å². The molecule has 0 spiro atoms. The van der Waals surface area contributed by atoms with Gasteiger partial charge >= 0.3 is 5.97 Å². The molecule has 4 bridgehead atoms. The maximum atomic E-state index is 12.9. The number of nitrogens with one attached hydrogen (secondary N) is 1. The molecular weight excluding hydrogens is 402 g/mol. The van der Waals surface area contributed by atoms with Gasteiger partial charge in [-0.2, -0.15) is 0 Å². The van der Waals surface area contributed by atoms with E-state index in [4.69, 9.17) is 4.74 Å². The highest BCUT2D eigenvalue weighted by molar-refractivity contribution is 5.98. The summed E-state index contributed by atoms with van der Waals surface area (Å²) in [6, 6.07) is 7.76. The lowest BCUT2D eigenvalue weighted by Gasteiger charge is -2.55. The molecule has 0 radical (unpaired) electrons. The van der Waals surface area contributed by atoms with Crippen LogP contribution in [-0.2, 0) is 14.3 Å². The number of carbonyl (C=O) groups excluding carboxylic acids is 3. The molecule has 1 N–H and O–H groups in total. The van der Waals surface area contributed by atoms with E-state index in [1.807, 2.05) is 24.3 Å². The molecule has 5 saturated carbocycles. The van der Waals surface area contributed by atoms with Crippen LogP contribution in [0.15, 0.2) is 24.3 Å². The van der Waals surface area contributed by atoms with Crippen molar-refractivity contribution in [3.8, 4) is 0 Å². The van der Waals surface area contributed by atoms with E-state index in [0.29, 0.717) is 29.2 Å². The summed E-state index contributed by atoms with van der Waals surface area (Å²) in [4.78, 5) is 37.6. The zero-order valence-electron chi connectivity index (χ0n) is 18.9. The largest absolute Gasteiger partial charge is 0.456 e. The molecule has 5 nitrogen and oxygen atoms in total. The fraction of sp³-hybridized carbons (Fsp3) is 0.667. The minimum absolute atomic E-state index is 0.0122. The average Bonchev–Trinajstić information content (AvgIpc) is 2.80. The van der Waals surface area contributed by atoms with Crippen LogP contribution in [0.1, 0.15) is 92.5 Å². The van der Waals surface area contributed by atoms with Crippen LogP contribution in [-0.4, -0.2) is 30.8 Å². The van der Waals surface area contributed by atoms with Crippen molar-refractivity contribution in [1.29, 1.82) is 0 Å². The Morgan fingerprint density at radius 1 is 0.875 bits per heavy atom. The predicted octanol–water partition coefficient (Wildman–Crippen LogP) is 4.79. The van der Waals surface area contributed by atoms with Gasteiger partial charge in [0.15, 0.2) is 12.4 Å². The van der Waals surface area contributed by atoms with E-state index < -0.39 is 5.97 Å². The lowest BCUT2D eigenvalue weighted by atomic mass is 9.49. The van der Waals surface area contributed by atoms with Crippen LogP contribution in [0.5, 0.6) is 0 Å². The van der Waals surface area contributed by atoms with E-state index in [0.717, 1.165) is 19.3 Å². The van der Waals surface area contributed by atoms with E-state index >= 15 is 0 Å². The third kappa shape index (κ3) is 4.49. The summed E-state index contributed by atoms with van der Waals surface area (Å²) in [6.45, 7) is -0.441. The minimum atomic E-state index is -0.546. The molecule has 0 heterocycles. The number of amides is 1. The number of hydrogen-bond donors (Lipinski definition) is 1. The molecule has 1 aromatic carbocycles. The highest BCUT2D eigenvalue weighted by Crippen LogP contribution is 2.60. The fourth-order valence-electron chi connectivity index (χ4n) is 7.39. The van der Waals surface area contributed by atoms with E-state index in [1.165, 1.54) is 56.9 Å². The summed E-state index contributed by atoms with van der Waals surface area (Å²) in [6.07, 6.45) is 13.1. The molecule has 0 atom stereocenters. The quantitative estimate of drug-likeness (QED) is 0.492. The lowest BCUT2D eigenvalue weighted by Crippen LogP contribution is -2.54. The summed E-state index contributed by atoms with van der Waals surface area (Å²) >= 11 is 0. The molecule has 172 valence electrons. The van der Waals surface area contributed by atoms with Gasteiger partial charge in [-0.25, -0.2) is 0 Å². The molecule has 32 heavy (non-hydrogen) atoms. The molecule has 1 aromatic rings.